The summed E-state index contributed by atoms with van der Waals surface area (Å²) in [5, 5.41) is 4.20. The third-order valence-electron chi connectivity index (χ3n) is 3.28. The Hall–Kier alpha value is -1.52. The molecule has 5 heteroatoms. The molecule has 0 bridgehead atoms. The average Bonchev–Trinajstić information content (AvgIpc) is 2.80. The van der Waals surface area contributed by atoms with Crippen LogP contribution in [0.25, 0.3) is 5.69 Å². The van der Waals surface area contributed by atoms with E-state index < -0.39 is 0 Å². The number of para-hydroxylation sites is 1. The SMILES string of the molecule is NC1CC(Nc2cccc(Cl)c2-n2ccnc2)C1. The van der Waals surface area contributed by atoms with E-state index in [1.54, 1.807) is 12.5 Å². The molecular weight excluding hydrogens is 248 g/mol. The van der Waals surface area contributed by atoms with Gasteiger partial charge in [0.05, 0.1) is 22.7 Å². The molecule has 0 spiro atoms. The Labute approximate surface area is 111 Å². The number of rotatable bonds is 3. The minimum atomic E-state index is 0.332. The van der Waals surface area contributed by atoms with Gasteiger partial charge in [-0.1, -0.05) is 17.7 Å². The predicted octanol–water partition coefficient (Wildman–Crippen LogP) is 2.43. The highest BCUT2D eigenvalue weighted by atomic mass is 35.5. The van der Waals surface area contributed by atoms with Gasteiger partial charge in [-0.25, -0.2) is 4.98 Å². The van der Waals surface area contributed by atoms with Crippen molar-refractivity contribution < 1.29 is 0 Å². The van der Waals surface area contributed by atoms with Crippen molar-refractivity contribution in [2.24, 2.45) is 5.73 Å². The van der Waals surface area contributed by atoms with E-state index in [4.69, 9.17) is 17.3 Å². The first-order chi connectivity index (χ1) is 8.74. The normalized spacial score (nSPS) is 22.6. The number of nitrogens with one attached hydrogen (secondary N) is 1. The number of hydrogen-bond acceptors (Lipinski definition) is 3. The van der Waals surface area contributed by atoms with Crippen molar-refractivity contribution in [1.29, 1.82) is 0 Å². The van der Waals surface area contributed by atoms with Crippen LogP contribution in [0.5, 0.6) is 0 Å². The van der Waals surface area contributed by atoms with Crippen LogP contribution in [0, 0.1) is 0 Å². The van der Waals surface area contributed by atoms with Crippen molar-refractivity contribution in [1.82, 2.24) is 9.55 Å². The van der Waals surface area contributed by atoms with Gasteiger partial charge < -0.3 is 15.6 Å². The van der Waals surface area contributed by atoms with Crippen LogP contribution in [0.15, 0.2) is 36.9 Å². The molecular formula is C13H15ClN4. The minimum Gasteiger partial charge on any atom is -0.380 e. The molecule has 0 aliphatic heterocycles. The van der Waals surface area contributed by atoms with Crippen LogP contribution in [-0.2, 0) is 0 Å². The van der Waals surface area contributed by atoms with Gasteiger partial charge in [-0.05, 0) is 25.0 Å². The fraction of sp³-hybridized carbons (Fsp3) is 0.308. The molecule has 1 aromatic heterocycles. The summed E-state index contributed by atoms with van der Waals surface area (Å²) in [6.07, 6.45) is 7.40. The molecule has 1 aromatic carbocycles. The lowest BCUT2D eigenvalue weighted by Gasteiger charge is -2.34. The largest absolute Gasteiger partial charge is 0.380 e. The molecule has 1 fully saturated rings. The predicted molar refractivity (Wildman–Crippen MR) is 73.2 cm³/mol. The molecule has 0 unspecified atom stereocenters. The zero-order chi connectivity index (χ0) is 12.5. The Morgan fingerprint density at radius 3 is 2.89 bits per heavy atom. The van der Waals surface area contributed by atoms with Gasteiger partial charge in [-0.3, -0.25) is 0 Å². The number of benzene rings is 1. The highest BCUT2D eigenvalue weighted by molar-refractivity contribution is 6.33. The molecule has 94 valence electrons. The summed E-state index contributed by atoms with van der Waals surface area (Å²) in [6.45, 7) is 0. The summed E-state index contributed by atoms with van der Waals surface area (Å²) < 4.78 is 1.92. The Bertz CT molecular complexity index is 532. The van der Waals surface area contributed by atoms with Crippen molar-refractivity contribution in [2.75, 3.05) is 5.32 Å². The van der Waals surface area contributed by atoms with E-state index in [1.807, 2.05) is 29.0 Å². The molecule has 18 heavy (non-hydrogen) atoms. The number of imidazole rings is 1. The first-order valence-electron chi connectivity index (χ1n) is 6.03. The van der Waals surface area contributed by atoms with Gasteiger partial charge in [0, 0.05) is 24.5 Å². The van der Waals surface area contributed by atoms with Crippen LogP contribution in [0.3, 0.4) is 0 Å². The van der Waals surface area contributed by atoms with E-state index in [-0.39, 0.29) is 0 Å². The molecule has 1 heterocycles. The van der Waals surface area contributed by atoms with E-state index in [0.29, 0.717) is 17.1 Å². The topological polar surface area (TPSA) is 55.9 Å². The van der Waals surface area contributed by atoms with Crippen molar-refractivity contribution in [3.05, 3.63) is 41.9 Å². The number of nitrogens with zero attached hydrogens (tertiary/aromatic N) is 2. The molecule has 1 aliphatic rings. The summed E-state index contributed by atoms with van der Waals surface area (Å²) in [5.41, 5.74) is 7.77. The Morgan fingerprint density at radius 1 is 1.39 bits per heavy atom. The van der Waals surface area contributed by atoms with Crippen LogP contribution in [0.1, 0.15) is 12.8 Å². The van der Waals surface area contributed by atoms with Gasteiger partial charge in [0.15, 0.2) is 0 Å². The molecule has 3 rings (SSSR count). The molecule has 0 amide bonds. The van der Waals surface area contributed by atoms with E-state index in [9.17, 15) is 0 Å². The summed E-state index contributed by atoms with van der Waals surface area (Å²) in [5.74, 6) is 0. The molecule has 1 aliphatic carbocycles. The Morgan fingerprint density at radius 2 is 2.22 bits per heavy atom. The van der Waals surface area contributed by atoms with Crippen LogP contribution in [0.2, 0.25) is 5.02 Å². The minimum absolute atomic E-state index is 0.332. The number of halogens is 1. The lowest BCUT2D eigenvalue weighted by atomic mass is 9.87. The van der Waals surface area contributed by atoms with E-state index >= 15 is 0 Å². The Balaban J connectivity index is 1.91. The third kappa shape index (κ3) is 2.09. The van der Waals surface area contributed by atoms with E-state index in [2.05, 4.69) is 10.3 Å². The van der Waals surface area contributed by atoms with Crippen molar-refractivity contribution in [2.45, 2.75) is 24.9 Å². The first-order valence-corrected chi connectivity index (χ1v) is 6.41. The standard InChI is InChI=1S/C13H15ClN4/c14-11-2-1-3-12(17-10-6-9(15)7-10)13(11)18-5-4-16-8-18/h1-5,8-10,17H,6-7,15H2. The van der Waals surface area contributed by atoms with Crippen LogP contribution in [-0.4, -0.2) is 21.6 Å². The monoisotopic (exact) mass is 262 g/mol. The van der Waals surface area contributed by atoms with Gasteiger partial charge in [0.25, 0.3) is 0 Å². The number of nitrogens with two attached hydrogens (primary N) is 1. The molecule has 0 saturated heterocycles. The third-order valence-corrected chi connectivity index (χ3v) is 3.59. The van der Waals surface area contributed by atoms with Gasteiger partial charge in [-0.15, -0.1) is 0 Å². The molecule has 2 aromatic rings. The van der Waals surface area contributed by atoms with Crippen LogP contribution < -0.4 is 11.1 Å². The van der Waals surface area contributed by atoms with Gasteiger partial charge >= 0.3 is 0 Å². The quantitative estimate of drug-likeness (QED) is 0.893. The zero-order valence-corrected chi connectivity index (χ0v) is 10.6. The molecule has 0 atom stereocenters. The highest BCUT2D eigenvalue weighted by Crippen LogP contribution is 2.31. The van der Waals surface area contributed by atoms with Crippen molar-refractivity contribution in [3.63, 3.8) is 0 Å². The number of anilines is 1. The maximum atomic E-state index is 6.28. The number of aromatic nitrogens is 2. The van der Waals surface area contributed by atoms with Crippen molar-refractivity contribution in [3.8, 4) is 5.69 Å². The van der Waals surface area contributed by atoms with E-state index in [0.717, 1.165) is 24.2 Å². The van der Waals surface area contributed by atoms with Crippen LogP contribution >= 0.6 is 11.6 Å². The van der Waals surface area contributed by atoms with Gasteiger partial charge in [-0.2, -0.15) is 0 Å². The summed E-state index contributed by atoms with van der Waals surface area (Å²) in [4.78, 5) is 4.06. The average molecular weight is 263 g/mol. The molecule has 4 nitrogen and oxygen atoms in total. The lowest BCUT2D eigenvalue weighted by molar-refractivity contribution is 0.373. The fourth-order valence-corrected chi connectivity index (χ4v) is 2.56. The van der Waals surface area contributed by atoms with E-state index in [1.165, 1.54) is 0 Å². The first kappa shape index (κ1) is 11.6. The molecule has 1 saturated carbocycles. The second kappa shape index (κ2) is 4.63. The highest BCUT2D eigenvalue weighted by Gasteiger charge is 2.26. The molecule has 0 radical (unpaired) electrons. The van der Waals surface area contributed by atoms with Gasteiger partial charge in [0.2, 0.25) is 0 Å². The fourth-order valence-electron chi connectivity index (χ4n) is 2.29. The summed E-state index contributed by atoms with van der Waals surface area (Å²) >= 11 is 6.28. The summed E-state index contributed by atoms with van der Waals surface area (Å²) in [6, 6.07) is 6.64. The van der Waals surface area contributed by atoms with Crippen molar-refractivity contribution >= 4 is 17.3 Å². The smallest absolute Gasteiger partial charge is 0.0992 e. The van der Waals surface area contributed by atoms with Gasteiger partial charge in [0.1, 0.15) is 0 Å². The summed E-state index contributed by atoms with van der Waals surface area (Å²) in [7, 11) is 0. The molecule has 3 N–H and O–H groups in total. The zero-order valence-electron chi connectivity index (χ0n) is 9.88. The van der Waals surface area contributed by atoms with Crippen LogP contribution in [0.4, 0.5) is 5.69 Å². The Kier molecular flexibility index (Phi) is 2.97. The second-order valence-corrected chi connectivity index (χ2v) is 5.09. The maximum absolute atomic E-state index is 6.28. The number of hydrogen-bond donors (Lipinski definition) is 2. The maximum Gasteiger partial charge on any atom is 0.0992 e. The second-order valence-electron chi connectivity index (χ2n) is 4.68. The lowest BCUT2D eigenvalue weighted by Crippen LogP contribution is -2.44.